The monoisotopic (exact) mass is 425 g/mol. The number of hydrogen-bond donors (Lipinski definition) is 1. The Balaban J connectivity index is 2.35. The van der Waals surface area contributed by atoms with E-state index >= 15 is 0 Å². The van der Waals surface area contributed by atoms with Gasteiger partial charge in [-0.25, -0.2) is 0 Å². The number of alkyl halides is 1. The van der Waals surface area contributed by atoms with E-state index in [1.54, 1.807) is 7.11 Å². The molecule has 0 aliphatic carbocycles. The molecule has 1 aromatic rings. The molecule has 0 saturated carbocycles. The fourth-order valence-electron chi connectivity index (χ4n) is 3.73. The Labute approximate surface area is 166 Å². The first kappa shape index (κ1) is 21.1. The molecule has 2 rings (SSSR count). The van der Waals surface area contributed by atoms with Crippen LogP contribution in [0.4, 0.5) is 5.69 Å². The highest BCUT2D eigenvalue weighted by molar-refractivity contribution is 9.09. The summed E-state index contributed by atoms with van der Waals surface area (Å²) in [6, 6.07) is 0. The molecule has 0 fully saturated rings. The molecule has 1 atom stereocenters. The van der Waals surface area contributed by atoms with Crippen LogP contribution in [0.2, 0.25) is 0 Å². The van der Waals surface area contributed by atoms with Crippen LogP contribution in [-0.4, -0.2) is 23.9 Å². The smallest absolute Gasteiger partial charge is 0.235 e. The van der Waals surface area contributed by atoms with Crippen molar-refractivity contribution < 1.29 is 14.3 Å². The third kappa shape index (κ3) is 4.54. The molecule has 1 N–H and O–H groups in total. The van der Waals surface area contributed by atoms with E-state index < -0.39 is 0 Å². The zero-order chi connectivity index (χ0) is 19.3. The second-order valence-electron chi connectivity index (χ2n) is 7.51. The first-order valence-corrected chi connectivity index (χ1v) is 10.7. The standard InChI is InChI=1S/C21H32BrNO3/c1-6-7-8-9-11-21(4)12-10-16-18(23-17(24)13-22)20(25-5)15(3)14(2)19(16)26-21/h6-13H2,1-5H3,(H,23,24). The molecule has 0 aromatic heterocycles. The van der Waals surface area contributed by atoms with Gasteiger partial charge in [0.2, 0.25) is 5.91 Å². The lowest BCUT2D eigenvalue weighted by Crippen LogP contribution is -2.37. The minimum atomic E-state index is -0.136. The minimum absolute atomic E-state index is 0.0818. The van der Waals surface area contributed by atoms with Gasteiger partial charge in [0.1, 0.15) is 17.1 Å². The van der Waals surface area contributed by atoms with Gasteiger partial charge in [0.05, 0.1) is 18.1 Å². The van der Waals surface area contributed by atoms with Crippen molar-refractivity contribution in [2.75, 3.05) is 17.8 Å². The summed E-state index contributed by atoms with van der Waals surface area (Å²) in [5.41, 5.74) is 3.82. The Morgan fingerprint density at radius 1 is 1.27 bits per heavy atom. The Morgan fingerprint density at radius 2 is 2.00 bits per heavy atom. The van der Waals surface area contributed by atoms with Crippen LogP contribution in [0.25, 0.3) is 0 Å². The van der Waals surface area contributed by atoms with Gasteiger partial charge in [0.15, 0.2) is 0 Å². The molecule has 4 nitrogen and oxygen atoms in total. The summed E-state index contributed by atoms with van der Waals surface area (Å²) in [6.45, 7) is 8.55. The quantitative estimate of drug-likeness (QED) is 0.429. The zero-order valence-corrected chi connectivity index (χ0v) is 18.3. The van der Waals surface area contributed by atoms with Crippen LogP contribution in [-0.2, 0) is 11.2 Å². The second kappa shape index (κ2) is 9.12. The average molecular weight is 426 g/mol. The van der Waals surface area contributed by atoms with Crippen molar-refractivity contribution in [3.8, 4) is 11.5 Å². The average Bonchev–Trinajstić information content (AvgIpc) is 2.63. The van der Waals surface area contributed by atoms with Gasteiger partial charge in [0.25, 0.3) is 0 Å². The van der Waals surface area contributed by atoms with Crippen LogP contribution in [0, 0.1) is 13.8 Å². The summed E-state index contributed by atoms with van der Waals surface area (Å²) in [6.07, 6.45) is 7.89. The molecular formula is C21H32BrNO3. The Bertz CT molecular complexity index is 659. The van der Waals surface area contributed by atoms with Crippen molar-refractivity contribution in [3.63, 3.8) is 0 Å². The number of halogens is 1. The fourth-order valence-corrected chi connectivity index (χ4v) is 3.87. The van der Waals surface area contributed by atoms with Gasteiger partial charge < -0.3 is 14.8 Å². The lowest BCUT2D eigenvalue weighted by molar-refractivity contribution is -0.113. The zero-order valence-electron chi connectivity index (χ0n) is 16.8. The highest BCUT2D eigenvalue weighted by Crippen LogP contribution is 2.47. The molecule has 26 heavy (non-hydrogen) atoms. The normalized spacial score (nSPS) is 18.8. The van der Waals surface area contributed by atoms with Crippen LogP contribution in [0.1, 0.15) is 69.1 Å². The summed E-state index contributed by atoms with van der Waals surface area (Å²) in [7, 11) is 1.65. The van der Waals surface area contributed by atoms with Gasteiger partial charge >= 0.3 is 0 Å². The van der Waals surface area contributed by atoms with E-state index in [1.165, 1.54) is 25.7 Å². The van der Waals surface area contributed by atoms with Crippen molar-refractivity contribution in [2.24, 2.45) is 0 Å². The summed E-state index contributed by atoms with van der Waals surface area (Å²) in [5, 5.41) is 3.26. The number of amides is 1. The van der Waals surface area contributed by atoms with Crippen molar-refractivity contribution >= 4 is 27.5 Å². The van der Waals surface area contributed by atoms with Crippen LogP contribution >= 0.6 is 15.9 Å². The van der Waals surface area contributed by atoms with E-state index in [4.69, 9.17) is 9.47 Å². The molecule has 0 saturated heterocycles. The number of carbonyl (C=O) groups is 1. The minimum Gasteiger partial charge on any atom is -0.494 e. The molecule has 1 amide bonds. The maximum Gasteiger partial charge on any atom is 0.235 e. The van der Waals surface area contributed by atoms with E-state index in [0.29, 0.717) is 0 Å². The molecule has 1 aromatic carbocycles. The number of hydrogen-bond acceptors (Lipinski definition) is 3. The maximum atomic E-state index is 12.0. The third-order valence-corrected chi connectivity index (χ3v) is 5.96. The number of benzene rings is 1. The predicted molar refractivity (Wildman–Crippen MR) is 111 cm³/mol. The SMILES string of the molecule is CCCCCCC1(C)CCc2c(NC(=O)CBr)c(OC)c(C)c(C)c2O1. The topological polar surface area (TPSA) is 47.6 Å². The van der Waals surface area contributed by atoms with Crippen LogP contribution < -0.4 is 14.8 Å². The van der Waals surface area contributed by atoms with Crippen molar-refractivity contribution in [1.82, 2.24) is 0 Å². The molecule has 1 aliphatic heterocycles. The molecule has 1 unspecified atom stereocenters. The van der Waals surface area contributed by atoms with Gasteiger partial charge in [-0.05, 0) is 57.6 Å². The number of ether oxygens (including phenoxy) is 2. The molecule has 5 heteroatoms. The van der Waals surface area contributed by atoms with Gasteiger partial charge in [-0.1, -0.05) is 42.1 Å². The first-order valence-electron chi connectivity index (χ1n) is 9.61. The van der Waals surface area contributed by atoms with Crippen molar-refractivity contribution in [3.05, 3.63) is 16.7 Å². The number of rotatable bonds is 8. The largest absolute Gasteiger partial charge is 0.494 e. The van der Waals surface area contributed by atoms with E-state index in [2.05, 4.69) is 42.0 Å². The van der Waals surface area contributed by atoms with E-state index in [1.807, 2.05) is 6.92 Å². The molecule has 146 valence electrons. The van der Waals surface area contributed by atoms with Crippen molar-refractivity contribution in [1.29, 1.82) is 0 Å². The number of methoxy groups -OCH3 is 1. The van der Waals surface area contributed by atoms with E-state index in [-0.39, 0.29) is 16.8 Å². The Morgan fingerprint density at radius 3 is 2.62 bits per heavy atom. The number of unbranched alkanes of at least 4 members (excludes halogenated alkanes) is 3. The summed E-state index contributed by atoms with van der Waals surface area (Å²) >= 11 is 3.22. The predicted octanol–water partition coefficient (Wildman–Crippen LogP) is 5.70. The van der Waals surface area contributed by atoms with Gasteiger partial charge in [-0.15, -0.1) is 0 Å². The first-order chi connectivity index (χ1) is 12.4. The van der Waals surface area contributed by atoms with Gasteiger partial charge in [0, 0.05) is 5.56 Å². The second-order valence-corrected chi connectivity index (χ2v) is 8.07. The van der Waals surface area contributed by atoms with Crippen LogP contribution in [0.5, 0.6) is 11.5 Å². The molecule has 1 aliphatic rings. The van der Waals surface area contributed by atoms with Crippen molar-refractivity contribution in [2.45, 2.75) is 78.2 Å². The van der Waals surface area contributed by atoms with Crippen LogP contribution in [0.3, 0.4) is 0 Å². The maximum absolute atomic E-state index is 12.0. The van der Waals surface area contributed by atoms with E-state index in [9.17, 15) is 4.79 Å². The molecule has 0 radical (unpaired) electrons. The van der Waals surface area contributed by atoms with Gasteiger partial charge in [-0.2, -0.15) is 0 Å². The number of anilines is 1. The molecule has 0 bridgehead atoms. The Hall–Kier alpha value is -1.23. The summed E-state index contributed by atoms with van der Waals surface area (Å²) < 4.78 is 12.2. The number of nitrogens with one attached hydrogen (secondary N) is 1. The molecule has 0 spiro atoms. The number of fused-ring (bicyclic) bond motifs is 1. The molecular weight excluding hydrogens is 394 g/mol. The molecule has 1 heterocycles. The summed E-state index contributed by atoms with van der Waals surface area (Å²) in [5.74, 6) is 1.59. The third-order valence-electron chi connectivity index (χ3n) is 5.45. The lowest BCUT2D eigenvalue weighted by Gasteiger charge is -2.38. The van der Waals surface area contributed by atoms with E-state index in [0.717, 1.165) is 53.1 Å². The highest BCUT2D eigenvalue weighted by Gasteiger charge is 2.35. The Kier molecular flexibility index (Phi) is 7.39. The van der Waals surface area contributed by atoms with Gasteiger partial charge in [-0.3, -0.25) is 4.79 Å². The fraction of sp³-hybridized carbons (Fsp3) is 0.667. The lowest BCUT2D eigenvalue weighted by atomic mass is 9.85. The summed E-state index contributed by atoms with van der Waals surface area (Å²) in [4.78, 5) is 12.0. The highest BCUT2D eigenvalue weighted by atomic mass is 79.9. The van der Waals surface area contributed by atoms with Crippen LogP contribution in [0.15, 0.2) is 0 Å². The number of carbonyl (C=O) groups excluding carboxylic acids is 1.